The van der Waals surface area contributed by atoms with Crippen molar-refractivity contribution in [3.8, 4) is 5.75 Å². The molecule has 0 aliphatic heterocycles. The smallest absolute Gasteiger partial charge is 0.232 e. The molecule has 8 heteroatoms. The van der Waals surface area contributed by atoms with E-state index in [9.17, 15) is 8.42 Å². The van der Waals surface area contributed by atoms with Crippen molar-refractivity contribution in [1.82, 2.24) is 0 Å². The number of amidine groups is 1. The number of oxime groups is 1. The monoisotopic (exact) mass is 299 g/mol. The van der Waals surface area contributed by atoms with Gasteiger partial charge in [0.25, 0.3) is 0 Å². The summed E-state index contributed by atoms with van der Waals surface area (Å²) in [5.74, 6) is 0.936. The fourth-order valence-electron chi connectivity index (χ4n) is 1.62. The number of nitrogens with two attached hydrogens (primary N) is 1. The molecule has 0 unspecified atom stereocenters. The molecule has 0 atom stereocenters. The van der Waals surface area contributed by atoms with Gasteiger partial charge in [-0.2, -0.15) is 0 Å². The van der Waals surface area contributed by atoms with Crippen LogP contribution in [0.15, 0.2) is 29.4 Å². The molecule has 1 aromatic carbocycles. The summed E-state index contributed by atoms with van der Waals surface area (Å²) in [7, 11) is -3.28. The lowest BCUT2D eigenvalue weighted by Crippen LogP contribution is -2.20. The van der Waals surface area contributed by atoms with Crippen LogP contribution < -0.4 is 15.2 Å². The second kappa shape index (κ2) is 6.00. The Morgan fingerprint density at radius 2 is 2.05 bits per heavy atom. The predicted octanol–water partition coefficient (Wildman–Crippen LogP) is 0.963. The minimum atomic E-state index is -3.28. The molecule has 0 amide bonds. The first-order chi connectivity index (χ1) is 9.48. The van der Waals surface area contributed by atoms with Crippen LogP contribution in [0.2, 0.25) is 0 Å². The molecular weight excluding hydrogens is 282 g/mol. The summed E-state index contributed by atoms with van der Waals surface area (Å²) < 4.78 is 31.3. The van der Waals surface area contributed by atoms with Crippen molar-refractivity contribution in [2.75, 3.05) is 17.1 Å². The molecule has 0 heterocycles. The van der Waals surface area contributed by atoms with E-state index in [2.05, 4.69) is 9.88 Å². The molecule has 20 heavy (non-hydrogen) atoms. The van der Waals surface area contributed by atoms with E-state index in [0.29, 0.717) is 17.4 Å². The quantitative estimate of drug-likeness (QED) is 0.300. The third-order valence-electron chi connectivity index (χ3n) is 2.79. The number of anilines is 1. The molecule has 4 N–H and O–H groups in total. The summed E-state index contributed by atoms with van der Waals surface area (Å²) in [6.45, 7) is -0.0384. The first-order valence-corrected chi connectivity index (χ1v) is 7.83. The average Bonchev–Trinajstić information content (AvgIpc) is 3.20. The van der Waals surface area contributed by atoms with E-state index < -0.39 is 10.0 Å². The van der Waals surface area contributed by atoms with Crippen molar-refractivity contribution in [1.29, 1.82) is 0 Å². The van der Waals surface area contributed by atoms with Crippen molar-refractivity contribution >= 4 is 21.5 Å². The van der Waals surface area contributed by atoms with Crippen LogP contribution in [0.4, 0.5) is 5.69 Å². The van der Waals surface area contributed by atoms with Crippen LogP contribution in [-0.4, -0.2) is 31.8 Å². The highest BCUT2D eigenvalue weighted by Crippen LogP contribution is 2.30. The number of hydrogen-bond donors (Lipinski definition) is 3. The Labute approximate surface area is 117 Å². The highest BCUT2D eigenvalue weighted by Gasteiger charge is 2.27. The van der Waals surface area contributed by atoms with Gasteiger partial charge in [0.1, 0.15) is 12.4 Å². The van der Waals surface area contributed by atoms with Crippen LogP contribution in [0, 0.1) is 5.92 Å². The van der Waals surface area contributed by atoms with Crippen molar-refractivity contribution in [2.45, 2.75) is 12.8 Å². The van der Waals surface area contributed by atoms with Crippen molar-refractivity contribution in [3.05, 3.63) is 24.3 Å². The predicted molar refractivity (Wildman–Crippen MR) is 75.5 cm³/mol. The molecule has 1 aliphatic rings. The van der Waals surface area contributed by atoms with Gasteiger partial charge in [-0.3, -0.25) is 4.72 Å². The topological polar surface area (TPSA) is 114 Å². The minimum Gasteiger partial charge on any atom is -0.486 e. The zero-order valence-electron chi connectivity index (χ0n) is 10.8. The Morgan fingerprint density at radius 1 is 1.40 bits per heavy atom. The Bertz CT molecular complexity index is 579. The average molecular weight is 299 g/mol. The maximum Gasteiger partial charge on any atom is 0.232 e. The molecule has 1 aromatic rings. The van der Waals surface area contributed by atoms with Crippen molar-refractivity contribution in [2.24, 2.45) is 16.8 Å². The molecule has 1 aliphatic carbocycles. The van der Waals surface area contributed by atoms with Gasteiger partial charge in [-0.1, -0.05) is 5.16 Å². The van der Waals surface area contributed by atoms with E-state index >= 15 is 0 Å². The summed E-state index contributed by atoms with van der Waals surface area (Å²) in [5, 5.41) is 11.1. The fourth-order valence-corrected chi connectivity index (χ4v) is 3.15. The molecule has 1 fully saturated rings. The fraction of sp³-hybridized carbons (Fsp3) is 0.417. The van der Waals surface area contributed by atoms with Gasteiger partial charge in [-0.05, 0) is 43.0 Å². The number of benzene rings is 1. The van der Waals surface area contributed by atoms with Gasteiger partial charge < -0.3 is 15.7 Å². The van der Waals surface area contributed by atoms with Crippen LogP contribution in [-0.2, 0) is 10.0 Å². The molecule has 0 bridgehead atoms. The van der Waals surface area contributed by atoms with Gasteiger partial charge in [-0.25, -0.2) is 8.42 Å². The van der Waals surface area contributed by atoms with Gasteiger partial charge in [-0.15, -0.1) is 0 Å². The van der Waals surface area contributed by atoms with Crippen LogP contribution >= 0.6 is 0 Å². The SMILES string of the molecule is NC(COc1ccc(NS(=O)(=O)CC2CC2)cc1)=NO. The summed E-state index contributed by atoms with van der Waals surface area (Å²) in [6.07, 6.45) is 1.98. The Balaban J connectivity index is 1.90. The van der Waals surface area contributed by atoms with E-state index in [1.165, 1.54) is 0 Å². The Morgan fingerprint density at radius 3 is 2.60 bits per heavy atom. The number of nitrogens with zero attached hydrogens (tertiary/aromatic N) is 1. The van der Waals surface area contributed by atoms with Crippen molar-refractivity contribution in [3.63, 3.8) is 0 Å². The van der Waals surface area contributed by atoms with Gasteiger partial charge in [0.2, 0.25) is 10.0 Å². The van der Waals surface area contributed by atoms with Crippen LogP contribution in [0.1, 0.15) is 12.8 Å². The minimum absolute atomic E-state index is 0.0384. The first kappa shape index (κ1) is 14.4. The second-order valence-corrected chi connectivity index (χ2v) is 6.50. The third-order valence-corrected chi connectivity index (χ3v) is 4.25. The zero-order chi connectivity index (χ0) is 14.6. The van der Waals surface area contributed by atoms with Gasteiger partial charge >= 0.3 is 0 Å². The Hall–Kier alpha value is -1.96. The van der Waals surface area contributed by atoms with Crippen LogP contribution in [0.25, 0.3) is 0 Å². The van der Waals surface area contributed by atoms with Gasteiger partial charge in [0, 0.05) is 5.69 Å². The van der Waals surface area contributed by atoms with Gasteiger partial charge in [0.15, 0.2) is 5.84 Å². The van der Waals surface area contributed by atoms with E-state index in [0.717, 1.165) is 12.8 Å². The van der Waals surface area contributed by atoms with Crippen molar-refractivity contribution < 1.29 is 18.4 Å². The number of sulfonamides is 1. The third kappa shape index (κ3) is 4.61. The second-order valence-electron chi connectivity index (χ2n) is 4.73. The maximum absolute atomic E-state index is 11.8. The lowest BCUT2D eigenvalue weighted by Gasteiger charge is -2.09. The number of nitrogens with one attached hydrogen (secondary N) is 1. The number of hydrogen-bond acceptors (Lipinski definition) is 5. The largest absolute Gasteiger partial charge is 0.486 e. The molecule has 7 nitrogen and oxygen atoms in total. The highest BCUT2D eigenvalue weighted by atomic mass is 32.2. The summed E-state index contributed by atoms with van der Waals surface area (Å²) in [5.41, 5.74) is 5.76. The standard InChI is InChI=1S/C12H17N3O4S/c13-12(14-16)7-19-11-5-3-10(4-6-11)15-20(17,18)8-9-1-2-9/h3-6,9,15-16H,1-2,7-8H2,(H2,13,14). The zero-order valence-corrected chi connectivity index (χ0v) is 11.6. The summed E-state index contributed by atoms with van der Waals surface area (Å²) in [6, 6.07) is 6.43. The summed E-state index contributed by atoms with van der Waals surface area (Å²) in [4.78, 5) is 0. The molecule has 1 saturated carbocycles. The van der Waals surface area contributed by atoms with Gasteiger partial charge in [0.05, 0.1) is 5.75 Å². The van der Waals surface area contributed by atoms with E-state index in [4.69, 9.17) is 15.7 Å². The van der Waals surface area contributed by atoms with E-state index in [1.807, 2.05) is 0 Å². The van der Waals surface area contributed by atoms with E-state index in [1.54, 1.807) is 24.3 Å². The maximum atomic E-state index is 11.8. The molecule has 0 spiro atoms. The number of ether oxygens (including phenoxy) is 1. The molecule has 2 rings (SSSR count). The van der Waals surface area contributed by atoms with E-state index in [-0.39, 0.29) is 18.2 Å². The lowest BCUT2D eigenvalue weighted by atomic mass is 10.3. The molecule has 0 radical (unpaired) electrons. The number of rotatable bonds is 7. The lowest BCUT2D eigenvalue weighted by molar-refractivity contribution is 0.306. The molecule has 110 valence electrons. The molecule has 0 aromatic heterocycles. The molecular formula is C12H17N3O4S. The normalized spacial score (nSPS) is 15.9. The Kier molecular flexibility index (Phi) is 4.33. The molecule has 0 saturated heterocycles. The first-order valence-electron chi connectivity index (χ1n) is 6.18. The summed E-state index contributed by atoms with van der Waals surface area (Å²) >= 11 is 0. The van der Waals surface area contributed by atoms with Crippen LogP contribution in [0.3, 0.4) is 0 Å². The van der Waals surface area contributed by atoms with Crippen LogP contribution in [0.5, 0.6) is 5.75 Å². The highest BCUT2D eigenvalue weighted by molar-refractivity contribution is 7.92.